The number of imidazole rings is 1. The van der Waals surface area contributed by atoms with E-state index in [-0.39, 0.29) is 38.1 Å². The van der Waals surface area contributed by atoms with E-state index in [0.29, 0.717) is 30.7 Å². The van der Waals surface area contributed by atoms with Crippen molar-refractivity contribution in [1.82, 2.24) is 41.5 Å². The first kappa shape index (κ1) is 52.4. The van der Waals surface area contributed by atoms with E-state index in [1.54, 1.807) is 32.9 Å². The number of primary amides is 1. The number of H-pyrrole nitrogens is 1. The van der Waals surface area contributed by atoms with Gasteiger partial charge in [-0.25, -0.2) is 4.98 Å². The van der Waals surface area contributed by atoms with Crippen molar-refractivity contribution in [2.24, 2.45) is 16.9 Å². The highest BCUT2D eigenvalue weighted by molar-refractivity contribution is 7.80. The van der Waals surface area contributed by atoms with Gasteiger partial charge in [-0.2, -0.15) is 12.6 Å². The monoisotopic (exact) mass is 908 g/mol. The summed E-state index contributed by atoms with van der Waals surface area (Å²) in [7, 11) is 0. The summed E-state index contributed by atoms with van der Waals surface area (Å²) in [5, 5.41) is 33.1. The van der Waals surface area contributed by atoms with Gasteiger partial charge in [-0.05, 0) is 60.1 Å². The predicted octanol–water partition coefficient (Wildman–Crippen LogP) is 0.323. The van der Waals surface area contributed by atoms with E-state index in [1.165, 1.54) is 29.6 Å². The number of aromatic nitrogens is 2. The van der Waals surface area contributed by atoms with Crippen LogP contribution in [0.1, 0.15) is 70.2 Å². The second kappa shape index (κ2) is 26.0. The van der Waals surface area contributed by atoms with Crippen molar-refractivity contribution >= 4 is 54.0 Å². The summed E-state index contributed by atoms with van der Waals surface area (Å²) in [6, 6.07) is 9.36. The van der Waals surface area contributed by atoms with Gasteiger partial charge in [-0.3, -0.25) is 33.6 Å². The number of phenols is 1. The Balaban J connectivity index is 1.86. The molecule has 0 aliphatic carbocycles. The summed E-state index contributed by atoms with van der Waals surface area (Å²) in [5.41, 5.74) is 12.7. The number of unbranched alkanes of at least 4 members (excludes halogenated alkanes) is 1. The molecule has 0 saturated carbocycles. The highest BCUT2D eigenvalue weighted by Gasteiger charge is 2.39. The standard InChI is InChI=1S/C44H64N10O9S/c1-5-6-17-54(25-36(56)51-33(39(46)59)22-37(57)58)43(63)38(44(2,3)4)53-42(62)35(21-30-23-47-26-49-30)52-41(61)34(20-27-10-8-7-9-11-27)48-24-29(16-18-64)50-40(60)32(45)19-28-12-14-31(55)15-13-28/h7-15,23,26,29,32-35,38,48,55,64H,5-6,16-22,24-25,45H2,1-4H3,(H2,46,59)(H,47,49)(H,50,60)(H,51,56)(H,52,61)(H,53,62)(H,57,58)/t29-,32+,33+,34+,35+,38-/m1/s1. The number of nitrogens with one attached hydrogen (secondary N) is 6. The number of rotatable bonds is 27. The minimum Gasteiger partial charge on any atom is -0.508 e. The fourth-order valence-corrected chi connectivity index (χ4v) is 6.97. The topological polar surface area (TPSA) is 304 Å². The van der Waals surface area contributed by atoms with E-state index in [2.05, 4.69) is 49.2 Å². The molecule has 0 unspecified atom stereocenters. The maximum absolute atomic E-state index is 14.4. The van der Waals surface area contributed by atoms with Crippen LogP contribution in [0.15, 0.2) is 67.1 Å². The number of phenolic OH excluding ortho intramolecular Hbond substituents is 1. The number of amides is 6. The number of hydrogen-bond donors (Lipinski definition) is 11. The zero-order valence-corrected chi connectivity index (χ0v) is 37.7. The van der Waals surface area contributed by atoms with Crippen LogP contribution in [0, 0.1) is 5.41 Å². The zero-order chi connectivity index (χ0) is 47.4. The van der Waals surface area contributed by atoms with E-state index in [1.807, 2.05) is 37.3 Å². The molecule has 0 spiro atoms. The van der Waals surface area contributed by atoms with Crippen LogP contribution in [0.4, 0.5) is 0 Å². The quantitative estimate of drug-likeness (QED) is 0.0462. The Hall–Kier alpha value is -5.99. The summed E-state index contributed by atoms with van der Waals surface area (Å²) in [4.78, 5) is 101. The van der Waals surface area contributed by atoms with Gasteiger partial charge >= 0.3 is 5.97 Å². The molecule has 0 radical (unpaired) electrons. The second-order valence-electron chi connectivity index (χ2n) is 16.7. The van der Waals surface area contributed by atoms with Crippen molar-refractivity contribution < 1.29 is 43.8 Å². The molecule has 12 N–H and O–H groups in total. The number of benzene rings is 2. The van der Waals surface area contributed by atoms with Gasteiger partial charge in [0.25, 0.3) is 0 Å². The number of nitrogens with two attached hydrogens (primary N) is 2. The maximum atomic E-state index is 14.4. The molecule has 6 amide bonds. The second-order valence-corrected chi connectivity index (χ2v) is 17.2. The third kappa shape index (κ3) is 18.0. The van der Waals surface area contributed by atoms with Crippen molar-refractivity contribution in [2.75, 3.05) is 25.4 Å². The largest absolute Gasteiger partial charge is 0.508 e. The highest BCUT2D eigenvalue weighted by atomic mass is 32.1. The molecular formula is C44H64N10O9S. The maximum Gasteiger partial charge on any atom is 0.305 e. The first-order chi connectivity index (χ1) is 30.3. The highest BCUT2D eigenvalue weighted by Crippen LogP contribution is 2.22. The Morgan fingerprint density at radius 1 is 0.844 bits per heavy atom. The van der Waals surface area contributed by atoms with Gasteiger partial charge in [-0.1, -0.05) is 76.6 Å². The van der Waals surface area contributed by atoms with Gasteiger partial charge in [0.15, 0.2) is 0 Å². The number of thiol groups is 1. The Bertz CT molecular complexity index is 1980. The average Bonchev–Trinajstić information content (AvgIpc) is 3.75. The van der Waals surface area contributed by atoms with Crippen LogP contribution in [-0.4, -0.2) is 128 Å². The number of carbonyl (C=O) groups is 7. The van der Waals surface area contributed by atoms with E-state index >= 15 is 0 Å². The molecule has 1 heterocycles. The lowest BCUT2D eigenvalue weighted by molar-refractivity contribution is -0.144. The van der Waals surface area contributed by atoms with Gasteiger partial charge in [0.2, 0.25) is 35.4 Å². The molecule has 0 bridgehead atoms. The van der Waals surface area contributed by atoms with Gasteiger partial charge in [-0.15, -0.1) is 0 Å². The molecule has 2 aromatic carbocycles. The molecule has 1 aromatic heterocycles. The van der Waals surface area contributed by atoms with E-state index in [4.69, 9.17) is 11.5 Å². The lowest BCUT2D eigenvalue weighted by atomic mass is 9.85. The summed E-state index contributed by atoms with van der Waals surface area (Å²) in [6.45, 7) is 6.76. The van der Waals surface area contributed by atoms with Crippen LogP contribution in [0.5, 0.6) is 5.75 Å². The van der Waals surface area contributed by atoms with Gasteiger partial charge < -0.3 is 58.1 Å². The third-order valence-corrected chi connectivity index (χ3v) is 10.5. The Morgan fingerprint density at radius 2 is 1.50 bits per heavy atom. The molecule has 0 saturated heterocycles. The van der Waals surface area contributed by atoms with Crippen molar-refractivity contribution in [2.45, 2.75) is 109 Å². The first-order valence-corrected chi connectivity index (χ1v) is 21.8. The fraction of sp³-hybridized carbons (Fsp3) is 0.500. The minimum atomic E-state index is -1.51. The van der Waals surface area contributed by atoms with E-state index in [0.717, 1.165) is 11.1 Å². The Kier molecular flexibility index (Phi) is 21.2. The van der Waals surface area contributed by atoms with Crippen molar-refractivity contribution in [3.63, 3.8) is 0 Å². The number of hydrogen-bond acceptors (Lipinski definition) is 12. The summed E-state index contributed by atoms with van der Waals surface area (Å²) >= 11 is 4.39. The molecule has 64 heavy (non-hydrogen) atoms. The number of aliphatic carboxylic acids is 1. The molecular weight excluding hydrogens is 845 g/mol. The number of nitrogens with zero attached hydrogens (tertiary/aromatic N) is 2. The molecule has 3 rings (SSSR count). The molecule has 0 aliphatic heterocycles. The summed E-state index contributed by atoms with van der Waals surface area (Å²) in [6.07, 6.45) is 4.13. The molecule has 20 heteroatoms. The number of carboxylic acids is 1. The number of carbonyl (C=O) groups excluding carboxylic acids is 6. The van der Waals surface area contributed by atoms with E-state index in [9.17, 15) is 43.8 Å². The van der Waals surface area contributed by atoms with Crippen molar-refractivity contribution in [3.05, 3.63) is 83.9 Å². The molecule has 0 fully saturated rings. The van der Waals surface area contributed by atoms with Crippen molar-refractivity contribution in [3.8, 4) is 5.75 Å². The van der Waals surface area contributed by atoms with Gasteiger partial charge in [0.05, 0.1) is 31.4 Å². The SMILES string of the molecule is CCCCN(CC(=O)N[C@@H](CC(=O)O)C(N)=O)C(=O)[C@@H](NC(=O)[C@H](Cc1cnc[nH]1)NC(=O)[C@H](Cc1ccccc1)NC[C@@H](CCS)NC(=O)[C@@H](N)Cc1ccc(O)cc1)C(C)(C)C. The average molecular weight is 909 g/mol. The molecule has 0 aliphatic rings. The lowest BCUT2D eigenvalue weighted by Gasteiger charge is -2.36. The molecule has 19 nitrogen and oxygen atoms in total. The fourth-order valence-electron chi connectivity index (χ4n) is 6.66. The normalized spacial score (nSPS) is 14.2. The van der Waals surface area contributed by atoms with Gasteiger partial charge in [0, 0.05) is 37.4 Å². The number of carboxylic acid groups (broad SMARTS) is 1. The first-order valence-electron chi connectivity index (χ1n) is 21.2. The lowest BCUT2D eigenvalue weighted by Crippen LogP contribution is -2.61. The number of aromatic hydroxyl groups is 1. The third-order valence-electron chi connectivity index (χ3n) is 10.3. The van der Waals surface area contributed by atoms with Gasteiger partial charge in [0.1, 0.15) is 23.9 Å². The van der Waals surface area contributed by atoms with Crippen LogP contribution in [-0.2, 0) is 52.8 Å². The van der Waals surface area contributed by atoms with Crippen LogP contribution < -0.4 is 38.1 Å². The van der Waals surface area contributed by atoms with Crippen LogP contribution in [0.3, 0.4) is 0 Å². The molecule has 3 aromatic rings. The smallest absolute Gasteiger partial charge is 0.305 e. The van der Waals surface area contributed by atoms with Crippen LogP contribution in [0.25, 0.3) is 0 Å². The van der Waals surface area contributed by atoms with Crippen LogP contribution in [0.2, 0.25) is 0 Å². The molecule has 350 valence electrons. The zero-order valence-electron chi connectivity index (χ0n) is 36.8. The van der Waals surface area contributed by atoms with E-state index < -0.39 is 96.0 Å². The predicted molar refractivity (Wildman–Crippen MR) is 243 cm³/mol. The minimum absolute atomic E-state index is 0.0437. The molecule has 6 atom stereocenters. The summed E-state index contributed by atoms with van der Waals surface area (Å²) < 4.78 is 0. The van der Waals surface area contributed by atoms with Crippen molar-refractivity contribution in [1.29, 1.82) is 0 Å². The Labute approximate surface area is 379 Å². The Morgan fingerprint density at radius 3 is 2.08 bits per heavy atom. The number of aromatic amines is 1. The van der Waals surface area contributed by atoms with Crippen LogP contribution >= 0.6 is 12.6 Å². The summed E-state index contributed by atoms with van der Waals surface area (Å²) in [5.74, 6) is -5.00.